The molecule has 2 aromatic rings. The minimum absolute atomic E-state index is 0.331. The topological polar surface area (TPSA) is 74.6 Å². The van der Waals surface area contributed by atoms with Crippen molar-refractivity contribution in [1.82, 2.24) is 0 Å². The van der Waals surface area contributed by atoms with Crippen molar-refractivity contribution in [2.45, 2.75) is 33.1 Å². The average molecular weight is 328 g/mol. The molecule has 2 N–H and O–H groups in total. The van der Waals surface area contributed by atoms with Gasteiger partial charge < -0.3 is 10.2 Å². The molecular formula is C20H24O4. The van der Waals surface area contributed by atoms with E-state index in [1.165, 1.54) is 5.56 Å². The highest BCUT2D eigenvalue weighted by Gasteiger charge is 2.12. The molecule has 1 atom stereocenters. The van der Waals surface area contributed by atoms with Gasteiger partial charge in [0.05, 0.1) is 11.5 Å². The number of benzene rings is 2. The van der Waals surface area contributed by atoms with Crippen molar-refractivity contribution < 1.29 is 19.8 Å². The maximum atomic E-state index is 10.8. The maximum absolute atomic E-state index is 10.8. The molecule has 0 saturated carbocycles. The molecule has 0 fully saturated rings. The van der Waals surface area contributed by atoms with Crippen molar-refractivity contribution in [2.75, 3.05) is 0 Å². The molecule has 4 heteroatoms. The van der Waals surface area contributed by atoms with E-state index in [0.29, 0.717) is 11.5 Å². The third kappa shape index (κ3) is 6.65. The summed E-state index contributed by atoms with van der Waals surface area (Å²) in [5, 5.41) is 17.2. The van der Waals surface area contributed by atoms with Crippen LogP contribution in [-0.2, 0) is 11.2 Å². The molecular weight excluding hydrogens is 304 g/mol. The summed E-state index contributed by atoms with van der Waals surface area (Å²) in [7, 11) is 0. The highest BCUT2D eigenvalue weighted by molar-refractivity contribution is 5.87. The number of hydrogen-bond donors (Lipinski definition) is 2. The van der Waals surface area contributed by atoms with Crippen LogP contribution in [0.4, 0.5) is 0 Å². The van der Waals surface area contributed by atoms with E-state index in [1.54, 1.807) is 37.3 Å². The van der Waals surface area contributed by atoms with Crippen LogP contribution in [0, 0.1) is 5.92 Å². The molecule has 0 aromatic heterocycles. The van der Waals surface area contributed by atoms with Crippen LogP contribution >= 0.6 is 0 Å². The normalized spacial score (nSPS) is 11.3. The first-order valence-electron chi connectivity index (χ1n) is 7.91. The summed E-state index contributed by atoms with van der Waals surface area (Å²) in [5.41, 5.74) is 2.47. The zero-order valence-electron chi connectivity index (χ0n) is 14.3. The summed E-state index contributed by atoms with van der Waals surface area (Å²) in [6, 6.07) is 16.2. The van der Waals surface area contributed by atoms with Gasteiger partial charge in [0.15, 0.2) is 0 Å². The predicted molar refractivity (Wildman–Crippen MR) is 94.4 cm³/mol. The van der Waals surface area contributed by atoms with Gasteiger partial charge in [-0.1, -0.05) is 56.3 Å². The second-order valence-electron chi connectivity index (χ2n) is 6.07. The lowest BCUT2D eigenvalue weighted by Gasteiger charge is -2.09. The van der Waals surface area contributed by atoms with Crippen molar-refractivity contribution in [3.05, 3.63) is 71.3 Å². The Morgan fingerprint density at radius 2 is 1.42 bits per heavy atom. The highest BCUT2D eigenvalue weighted by Crippen LogP contribution is 2.17. The Labute approximate surface area is 142 Å². The quantitative estimate of drug-likeness (QED) is 0.850. The third-order valence-corrected chi connectivity index (χ3v) is 3.51. The van der Waals surface area contributed by atoms with Crippen molar-refractivity contribution in [3.8, 4) is 0 Å². The second kappa shape index (κ2) is 9.50. The van der Waals surface area contributed by atoms with Crippen molar-refractivity contribution in [2.24, 2.45) is 5.92 Å². The molecule has 24 heavy (non-hydrogen) atoms. The molecule has 0 amide bonds. The number of aromatic carboxylic acids is 1. The fourth-order valence-corrected chi connectivity index (χ4v) is 2.14. The van der Waals surface area contributed by atoms with Gasteiger partial charge in [0.2, 0.25) is 0 Å². The molecule has 4 nitrogen and oxygen atoms in total. The summed E-state index contributed by atoms with van der Waals surface area (Å²) in [6.07, 6.45) is 1.04. The van der Waals surface area contributed by atoms with Gasteiger partial charge in [-0.15, -0.1) is 0 Å². The Morgan fingerprint density at radius 3 is 1.79 bits per heavy atom. The lowest BCUT2D eigenvalue weighted by molar-refractivity contribution is -0.138. The van der Waals surface area contributed by atoms with Gasteiger partial charge in [0.25, 0.3) is 0 Å². The first-order chi connectivity index (χ1) is 11.3. The number of aliphatic carboxylic acids is 1. The molecule has 0 bridgehead atoms. The van der Waals surface area contributed by atoms with Gasteiger partial charge in [0.1, 0.15) is 0 Å². The van der Waals surface area contributed by atoms with Crippen LogP contribution in [-0.4, -0.2) is 22.2 Å². The molecule has 0 aliphatic heterocycles. The third-order valence-electron chi connectivity index (χ3n) is 3.51. The number of rotatable bonds is 5. The summed E-state index contributed by atoms with van der Waals surface area (Å²) in [6.45, 7) is 6.06. The van der Waals surface area contributed by atoms with Crippen molar-refractivity contribution in [1.29, 1.82) is 0 Å². The maximum Gasteiger partial charge on any atom is 0.335 e. The Hall–Kier alpha value is -2.62. The fourth-order valence-electron chi connectivity index (χ4n) is 2.14. The van der Waals surface area contributed by atoms with Crippen LogP contribution in [0.25, 0.3) is 0 Å². The van der Waals surface area contributed by atoms with Crippen molar-refractivity contribution in [3.63, 3.8) is 0 Å². The van der Waals surface area contributed by atoms with Crippen LogP contribution in [0.15, 0.2) is 54.6 Å². The second-order valence-corrected chi connectivity index (χ2v) is 6.07. The van der Waals surface area contributed by atoms with E-state index in [4.69, 9.17) is 10.2 Å². The van der Waals surface area contributed by atoms with E-state index in [9.17, 15) is 9.59 Å². The van der Waals surface area contributed by atoms with Crippen LogP contribution in [0.1, 0.15) is 48.2 Å². The Balaban J connectivity index is 0.000000272. The zero-order valence-corrected chi connectivity index (χ0v) is 14.3. The molecule has 128 valence electrons. The fraction of sp³-hybridized carbons (Fsp3) is 0.300. The molecule has 2 rings (SSSR count). The highest BCUT2D eigenvalue weighted by atomic mass is 16.4. The largest absolute Gasteiger partial charge is 0.481 e. The lowest BCUT2D eigenvalue weighted by Crippen LogP contribution is -2.07. The molecule has 0 heterocycles. The van der Waals surface area contributed by atoms with Gasteiger partial charge >= 0.3 is 11.9 Å². The Kier molecular flexibility index (Phi) is 7.69. The SMILES string of the molecule is CC(C)Cc1ccc([C@H](C)C(=O)O)cc1.O=C(O)c1ccccc1. The first kappa shape index (κ1) is 19.4. The van der Waals surface area contributed by atoms with E-state index < -0.39 is 17.9 Å². The Bertz CT molecular complexity index is 645. The van der Waals surface area contributed by atoms with Gasteiger partial charge in [-0.05, 0) is 42.5 Å². The smallest absolute Gasteiger partial charge is 0.335 e. The summed E-state index contributed by atoms with van der Waals surface area (Å²) in [5.74, 6) is -1.44. The summed E-state index contributed by atoms with van der Waals surface area (Å²) < 4.78 is 0. The molecule has 0 radical (unpaired) electrons. The lowest BCUT2D eigenvalue weighted by atomic mass is 9.97. The standard InChI is InChI=1S/C13H18O2.C7H6O2/c1-9(2)8-11-4-6-12(7-5-11)10(3)13(14)15;8-7(9)6-4-2-1-3-5-6/h4-7,9-10H,8H2,1-3H3,(H,14,15);1-5H,(H,8,9)/t10-;/m0./s1. The zero-order chi connectivity index (χ0) is 18.1. The number of carboxylic acids is 2. The van der Waals surface area contributed by atoms with Crippen LogP contribution in [0.3, 0.4) is 0 Å². The van der Waals surface area contributed by atoms with Crippen LogP contribution in [0.5, 0.6) is 0 Å². The number of carbonyl (C=O) groups is 2. The first-order valence-corrected chi connectivity index (χ1v) is 7.91. The van der Waals surface area contributed by atoms with Gasteiger partial charge in [0, 0.05) is 0 Å². The average Bonchev–Trinajstić information content (AvgIpc) is 2.55. The molecule has 0 unspecified atom stereocenters. The van der Waals surface area contributed by atoms with Gasteiger partial charge in [-0.2, -0.15) is 0 Å². The van der Waals surface area contributed by atoms with Crippen LogP contribution in [0.2, 0.25) is 0 Å². The van der Waals surface area contributed by atoms with E-state index in [2.05, 4.69) is 13.8 Å². The molecule has 0 aliphatic rings. The molecule has 2 aromatic carbocycles. The van der Waals surface area contributed by atoms with E-state index in [1.807, 2.05) is 24.3 Å². The predicted octanol–water partition coefficient (Wildman–Crippen LogP) is 4.46. The number of carboxylic acid groups (broad SMARTS) is 2. The number of hydrogen-bond acceptors (Lipinski definition) is 2. The van der Waals surface area contributed by atoms with E-state index in [-0.39, 0.29) is 0 Å². The van der Waals surface area contributed by atoms with Gasteiger partial charge in [-0.25, -0.2) is 4.79 Å². The van der Waals surface area contributed by atoms with E-state index >= 15 is 0 Å². The minimum Gasteiger partial charge on any atom is -0.481 e. The van der Waals surface area contributed by atoms with Gasteiger partial charge in [-0.3, -0.25) is 4.79 Å². The summed E-state index contributed by atoms with van der Waals surface area (Å²) in [4.78, 5) is 21.0. The molecule has 0 saturated heterocycles. The Morgan fingerprint density at radius 1 is 0.875 bits per heavy atom. The van der Waals surface area contributed by atoms with E-state index in [0.717, 1.165) is 12.0 Å². The summed E-state index contributed by atoms with van der Waals surface area (Å²) >= 11 is 0. The monoisotopic (exact) mass is 328 g/mol. The minimum atomic E-state index is -0.879. The molecule has 0 aliphatic carbocycles. The van der Waals surface area contributed by atoms with Crippen LogP contribution < -0.4 is 0 Å². The van der Waals surface area contributed by atoms with Crippen molar-refractivity contribution >= 4 is 11.9 Å². The molecule has 0 spiro atoms.